The lowest BCUT2D eigenvalue weighted by atomic mass is 9.98. The molecule has 0 aliphatic carbocycles. The Hall–Kier alpha value is -2.14. The largest absolute Gasteiger partial charge is 0.330 e. The van der Waals surface area contributed by atoms with Crippen LogP contribution >= 0.6 is 0 Å². The second-order valence-corrected chi connectivity index (χ2v) is 5.11. The molecule has 0 amide bonds. The number of nitrogens with two attached hydrogens (primary N) is 1. The molecule has 0 fully saturated rings. The van der Waals surface area contributed by atoms with Crippen molar-refractivity contribution in [2.45, 2.75) is 12.3 Å². The molecule has 5 heteroatoms. The highest BCUT2D eigenvalue weighted by molar-refractivity contribution is 5.68. The van der Waals surface area contributed by atoms with Crippen molar-refractivity contribution in [1.82, 2.24) is 9.55 Å². The number of para-hydroxylation sites is 1. The fraction of sp³-hybridized carbons (Fsp3) is 0.333. The van der Waals surface area contributed by atoms with Gasteiger partial charge in [0.15, 0.2) is 5.82 Å². The lowest BCUT2D eigenvalue weighted by molar-refractivity contribution is 0.664. The highest BCUT2D eigenvalue weighted by Crippen LogP contribution is 2.40. The highest BCUT2D eigenvalue weighted by Gasteiger charge is 2.30. The maximum atomic E-state index is 12.3. The average Bonchev–Trinajstić information content (AvgIpc) is 2.82. The number of benzene rings is 1. The van der Waals surface area contributed by atoms with Crippen LogP contribution in [0.5, 0.6) is 0 Å². The van der Waals surface area contributed by atoms with Gasteiger partial charge in [-0.05, 0) is 24.6 Å². The van der Waals surface area contributed by atoms with Gasteiger partial charge in [0.1, 0.15) is 0 Å². The second-order valence-electron chi connectivity index (χ2n) is 5.11. The summed E-state index contributed by atoms with van der Waals surface area (Å²) in [5, 5.41) is 0. The number of nitrogens with zero attached hydrogens (tertiary/aromatic N) is 3. The van der Waals surface area contributed by atoms with E-state index >= 15 is 0 Å². The Labute approximate surface area is 117 Å². The molecule has 1 aliphatic heterocycles. The molecule has 1 aromatic heterocycles. The molecule has 0 saturated heterocycles. The van der Waals surface area contributed by atoms with Gasteiger partial charge in [0, 0.05) is 37.6 Å². The predicted molar refractivity (Wildman–Crippen MR) is 79.3 cm³/mol. The van der Waals surface area contributed by atoms with E-state index in [2.05, 4.69) is 11.1 Å². The summed E-state index contributed by atoms with van der Waals surface area (Å²) in [6, 6.07) is 8.18. The molecule has 5 nitrogen and oxygen atoms in total. The first-order valence-corrected chi connectivity index (χ1v) is 6.80. The molecular formula is C15H18N4O. The molecule has 0 saturated carbocycles. The van der Waals surface area contributed by atoms with Gasteiger partial charge >= 0.3 is 0 Å². The summed E-state index contributed by atoms with van der Waals surface area (Å²) in [5.74, 6) is 0.852. The standard InChI is InChI=1S/C15H18N4O/c1-18-9-8-17-14(15(18)20)19-10-11(6-7-16)12-4-2-3-5-13(12)19/h2-5,8-9,11H,6-7,10,16H2,1H3. The van der Waals surface area contributed by atoms with E-state index in [1.807, 2.05) is 23.1 Å². The molecule has 1 aliphatic rings. The molecule has 1 aromatic carbocycles. The van der Waals surface area contributed by atoms with E-state index < -0.39 is 0 Å². The first-order valence-electron chi connectivity index (χ1n) is 6.80. The quantitative estimate of drug-likeness (QED) is 0.914. The van der Waals surface area contributed by atoms with Crippen LogP contribution < -0.4 is 16.2 Å². The minimum Gasteiger partial charge on any atom is -0.330 e. The number of anilines is 2. The molecular weight excluding hydrogens is 252 g/mol. The first-order chi connectivity index (χ1) is 9.72. The number of aromatic nitrogens is 2. The van der Waals surface area contributed by atoms with Crippen LogP contribution in [0.1, 0.15) is 17.9 Å². The van der Waals surface area contributed by atoms with Crippen molar-refractivity contribution < 1.29 is 0 Å². The van der Waals surface area contributed by atoms with Crippen LogP contribution in [0.25, 0.3) is 0 Å². The van der Waals surface area contributed by atoms with Crippen molar-refractivity contribution in [3.05, 3.63) is 52.6 Å². The van der Waals surface area contributed by atoms with Crippen LogP contribution in [0.2, 0.25) is 0 Å². The Morgan fingerprint density at radius 3 is 3.00 bits per heavy atom. The molecule has 20 heavy (non-hydrogen) atoms. The van der Waals surface area contributed by atoms with E-state index in [1.54, 1.807) is 24.0 Å². The van der Waals surface area contributed by atoms with Crippen LogP contribution in [0.15, 0.2) is 41.5 Å². The molecule has 1 atom stereocenters. The van der Waals surface area contributed by atoms with Crippen molar-refractivity contribution in [2.75, 3.05) is 18.0 Å². The molecule has 2 N–H and O–H groups in total. The third kappa shape index (κ3) is 2.00. The van der Waals surface area contributed by atoms with Gasteiger partial charge in [-0.25, -0.2) is 4.98 Å². The maximum absolute atomic E-state index is 12.3. The molecule has 0 spiro atoms. The van der Waals surface area contributed by atoms with E-state index in [0.29, 0.717) is 18.3 Å². The summed E-state index contributed by atoms with van der Waals surface area (Å²) in [7, 11) is 1.74. The van der Waals surface area contributed by atoms with Crippen molar-refractivity contribution in [3.8, 4) is 0 Å². The van der Waals surface area contributed by atoms with Gasteiger partial charge < -0.3 is 15.2 Å². The number of hydrogen-bond acceptors (Lipinski definition) is 4. The Balaban J connectivity index is 2.08. The number of aryl methyl sites for hydroxylation is 1. The van der Waals surface area contributed by atoms with Gasteiger partial charge in [-0.2, -0.15) is 0 Å². The lowest BCUT2D eigenvalue weighted by Gasteiger charge is -2.18. The van der Waals surface area contributed by atoms with Crippen molar-refractivity contribution in [3.63, 3.8) is 0 Å². The zero-order chi connectivity index (χ0) is 14.1. The summed E-state index contributed by atoms with van der Waals surface area (Å²) in [5.41, 5.74) is 7.96. The summed E-state index contributed by atoms with van der Waals surface area (Å²) < 4.78 is 1.56. The summed E-state index contributed by atoms with van der Waals surface area (Å²) in [6.07, 6.45) is 4.25. The zero-order valence-electron chi connectivity index (χ0n) is 11.5. The Bertz CT molecular complexity index is 680. The second kappa shape index (κ2) is 5.09. The number of hydrogen-bond donors (Lipinski definition) is 1. The SMILES string of the molecule is Cn1ccnc(N2CC(CCN)c3ccccc32)c1=O. The molecule has 2 heterocycles. The lowest BCUT2D eigenvalue weighted by Crippen LogP contribution is -2.28. The molecule has 2 aromatic rings. The first kappa shape index (κ1) is 12.9. The van der Waals surface area contributed by atoms with Crippen LogP contribution in [-0.4, -0.2) is 22.6 Å². The molecule has 104 valence electrons. The van der Waals surface area contributed by atoms with Gasteiger partial charge in [-0.1, -0.05) is 18.2 Å². The highest BCUT2D eigenvalue weighted by atomic mass is 16.1. The molecule has 3 rings (SSSR count). The van der Waals surface area contributed by atoms with Gasteiger partial charge in [0.25, 0.3) is 5.56 Å². The minimum absolute atomic E-state index is 0.0734. The van der Waals surface area contributed by atoms with E-state index in [1.165, 1.54) is 5.56 Å². The van der Waals surface area contributed by atoms with E-state index in [-0.39, 0.29) is 5.56 Å². The smallest absolute Gasteiger partial charge is 0.293 e. The molecule has 1 unspecified atom stereocenters. The minimum atomic E-state index is -0.0734. The maximum Gasteiger partial charge on any atom is 0.293 e. The number of rotatable bonds is 3. The van der Waals surface area contributed by atoms with Gasteiger partial charge in [-0.3, -0.25) is 4.79 Å². The van der Waals surface area contributed by atoms with Gasteiger partial charge in [-0.15, -0.1) is 0 Å². The Morgan fingerprint density at radius 2 is 2.20 bits per heavy atom. The van der Waals surface area contributed by atoms with Gasteiger partial charge in [0.05, 0.1) is 0 Å². The average molecular weight is 270 g/mol. The number of fused-ring (bicyclic) bond motifs is 1. The fourth-order valence-electron chi connectivity index (χ4n) is 2.81. The Kier molecular flexibility index (Phi) is 3.28. The van der Waals surface area contributed by atoms with Crippen molar-refractivity contribution >= 4 is 11.5 Å². The predicted octanol–water partition coefficient (Wildman–Crippen LogP) is 1.36. The van der Waals surface area contributed by atoms with Crippen LogP contribution in [0.4, 0.5) is 11.5 Å². The van der Waals surface area contributed by atoms with E-state index in [4.69, 9.17) is 5.73 Å². The molecule has 0 radical (unpaired) electrons. The van der Waals surface area contributed by atoms with E-state index in [9.17, 15) is 4.79 Å². The monoisotopic (exact) mass is 270 g/mol. The fourth-order valence-corrected chi connectivity index (χ4v) is 2.81. The normalized spacial score (nSPS) is 17.3. The van der Waals surface area contributed by atoms with Crippen LogP contribution in [-0.2, 0) is 7.05 Å². The van der Waals surface area contributed by atoms with E-state index in [0.717, 1.165) is 18.7 Å². The molecule has 0 bridgehead atoms. The van der Waals surface area contributed by atoms with Crippen LogP contribution in [0.3, 0.4) is 0 Å². The summed E-state index contributed by atoms with van der Waals surface area (Å²) >= 11 is 0. The third-order valence-corrected chi connectivity index (χ3v) is 3.84. The summed E-state index contributed by atoms with van der Waals surface area (Å²) in [4.78, 5) is 18.6. The zero-order valence-corrected chi connectivity index (χ0v) is 11.5. The van der Waals surface area contributed by atoms with Crippen LogP contribution in [0, 0.1) is 0 Å². The Morgan fingerprint density at radius 1 is 1.40 bits per heavy atom. The summed E-state index contributed by atoms with van der Waals surface area (Å²) in [6.45, 7) is 1.41. The van der Waals surface area contributed by atoms with Gasteiger partial charge in [0.2, 0.25) is 0 Å². The third-order valence-electron chi connectivity index (χ3n) is 3.84. The van der Waals surface area contributed by atoms with Crippen molar-refractivity contribution in [2.24, 2.45) is 12.8 Å². The van der Waals surface area contributed by atoms with Crippen molar-refractivity contribution in [1.29, 1.82) is 0 Å². The topological polar surface area (TPSA) is 64.2 Å².